The van der Waals surface area contributed by atoms with Crippen molar-refractivity contribution in [3.05, 3.63) is 89.7 Å². The topological polar surface area (TPSA) is 42.4 Å². The van der Waals surface area contributed by atoms with Crippen LogP contribution in [0.25, 0.3) is 0 Å². The van der Waals surface area contributed by atoms with E-state index >= 15 is 0 Å². The van der Waals surface area contributed by atoms with Gasteiger partial charge in [-0.25, -0.2) is 0 Å². The predicted molar refractivity (Wildman–Crippen MR) is 90.9 cm³/mol. The summed E-state index contributed by atoms with van der Waals surface area (Å²) >= 11 is 0. The molecule has 3 aromatic rings. The minimum Gasteiger partial charge on any atom is -0.504 e. The zero-order valence-corrected chi connectivity index (χ0v) is 13.0. The summed E-state index contributed by atoms with van der Waals surface area (Å²) in [4.78, 5) is 4.08. The number of methoxy groups -OCH3 is 1. The summed E-state index contributed by atoms with van der Waals surface area (Å²) in [5.74, 6) is 0.820. The van der Waals surface area contributed by atoms with Crippen molar-refractivity contribution in [1.29, 1.82) is 0 Å². The Bertz CT molecular complexity index is 757. The molecule has 3 rings (SSSR count). The molecule has 0 saturated carbocycles. The van der Waals surface area contributed by atoms with E-state index in [2.05, 4.69) is 17.1 Å². The lowest BCUT2D eigenvalue weighted by Crippen LogP contribution is -2.05. The molecule has 0 spiro atoms. The van der Waals surface area contributed by atoms with Crippen LogP contribution >= 0.6 is 0 Å². The fourth-order valence-electron chi connectivity index (χ4n) is 2.79. The Hall–Kier alpha value is -2.81. The van der Waals surface area contributed by atoms with E-state index in [1.165, 1.54) is 11.1 Å². The van der Waals surface area contributed by atoms with E-state index in [0.717, 1.165) is 12.0 Å². The summed E-state index contributed by atoms with van der Waals surface area (Å²) in [6.45, 7) is 0. The Kier molecular flexibility index (Phi) is 4.57. The number of phenolic OH excluding ortho intramolecular Hbond substituents is 1. The summed E-state index contributed by atoms with van der Waals surface area (Å²) in [7, 11) is 1.56. The van der Waals surface area contributed by atoms with Gasteiger partial charge >= 0.3 is 0 Å². The molecule has 0 amide bonds. The molecule has 0 fully saturated rings. The summed E-state index contributed by atoms with van der Waals surface area (Å²) < 4.78 is 5.15. The van der Waals surface area contributed by atoms with Gasteiger partial charge in [-0.15, -0.1) is 0 Å². The highest BCUT2D eigenvalue weighted by atomic mass is 16.5. The van der Waals surface area contributed by atoms with Crippen molar-refractivity contribution >= 4 is 0 Å². The Morgan fingerprint density at radius 2 is 1.70 bits per heavy atom. The highest BCUT2D eigenvalue weighted by Crippen LogP contribution is 2.34. The maximum atomic E-state index is 10.1. The molecule has 1 unspecified atom stereocenters. The van der Waals surface area contributed by atoms with Crippen molar-refractivity contribution in [2.45, 2.75) is 12.3 Å². The van der Waals surface area contributed by atoms with Gasteiger partial charge < -0.3 is 9.84 Å². The van der Waals surface area contributed by atoms with Gasteiger partial charge in [0, 0.05) is 18.3 Å². The standard InChI is InChI=1S/C20H19NO2/c1-23-20-8-7-17(14-19(20)22)18(16-5-3-2-4-6-16)13-15-9-11-21-12-10-15/h2-12,14,18,22H,13H2,1H3. The SMILES string of the molecule is COc1ccc(C(Cc2ccncc2)c2ccccc2)cc1O. The van der Waals surface area contributed by atoms with Gasteiger partial charge in [0.25, 0.3) is 0 Å². The molecule has 1 aromatic heterocycles. The van der Waals surface area contributed by atoms with E-state index in [1.807, 2.05) is 54.9 Å². The highest BCUT2D eigenvalue weighted by molar-refractivity contribution is 5.45. The van der Waals surface area contributed by atoms with Crippen molar-refractivity contribution in [1.82, 2.24) is 4.98 Å². The minimum absolute atomic E-state index is 0.162. The normalized spacial score (nSPS) is 11.9. The number of nitrogens with zero attached hydrogens (tertiary/aromatic N) is 1. The van der Waals surface area contributed by atoms with Crippen LogP contribution in [0.2, 0.25) is 0 Å². The number of rotatable bonds is 5. The summed E-state index contributed by atoms with van der Waals surface area (Å²) in [6.07, 6.45) is 4.46. The third-order valence-electron chi connectivity index (χ3n) is 4.00. The van der Waals surface area contributed by atoms with E-state index in [4.69, 9.17) is 4.74 Å². The van der Waals surface area contributed by atoms with Crippen LogP contribution in [0.15, 0.2) is 73.1 Å². The number of phenols is 1. The Labute approximate surface area is 136 Å². The van der Waals surface area contributed by atoms with Crippen molar-refractivity contribution in [3.8, 4) is 11.5 Å². The third-order valence-corrected chi connectivity index (χ3v) is 4.00. The van der Waals surface area contributed by atoms with Gasteiger partial charge in [-0.05, 0) is 47.4 Å². The third kappa shape index (κ3) is 3.51. The fraction of sp³-hybridized carbons (Fsp3) is 0.150. The average Bonchev–Trinajstić information content (AvgIpc) is 2.61. The van der Waals surface area contributed by atoms with E-state index in [9.17, 15) is 5.11 Å². The van der Waals surface area contributed by atoms with Crippen LogP contribution in [0.1, 0.15) is 22.6 Å². The number of pyridine rings is 1. The Morgan fingerprint density at radius 3 is 2.35 bits per heavy atom. The molecule has 3 nitrogen and oxygen atoms in total. The van der Waals surface area contributed by atoms with Crippen LogP contribution < -0.4 is 4.74 Å². The van der Waals surface area contributed by atoms with E-state index in [0.29, 0.717) is 5.75 Å². The lowest BCUT2D eigenvalue weighted by Gasteiger charge is -2.19. The number of hydrogen-bond donors (Lipinski definition) is 1. The Morgan fingerprint density at radius 1 is 0.957 bits per heavy atom. The summed E-state index contributed by atoms with van der Waals surface area (Å²) in [5, 5.41) is 10.1. The largest absolute Gasteiger partial charge is 0.504 e. The maximum absolute atomic E-state index is 10.1. The van der Waals surface area contributed by atoms with Crippen molar-refractivity contribution in [2.75, 3.05) is 7.11 Å². The predicted octanol–water partition coefficient (Wildman–Crippen LogP) is 4.17. The molecule has 116 valence electrons. The van der Waals surface area contributed by atoms with Crippen LogP contribution in [0.3, 0.4) is 0 Å². The monoisotopic (exact) mass is 305 g/mol. The van der Waals surface area contributed by atoms with E-state index in [-0.39, 0.29) is 11.7 Å². The smallest absolute Gasteiger partial charge is 0.160 e. The van der Waals surface area contributed by atoms with E-state index in [1.54, 1.807) is 13.2 Å². The lowest BCUT2D eigenvalue weighted by atomic mass is 9.86. The number of hydrogen-bond acceptors (Lipinski definition) is 3. The molecule has 1 heterocycles. The molecule has 0 bridgehead atoms. The molecule has 2 aromatic carbocycles. The first-order valence-corrected chi connectivity index (χ1v) is 7.58. The first-order chi connectivity index (χ1) is 11.3. The molecular weight excluding hydrogens is 286 g/mol. The van der Waals surface area contributed by atoms with E-state index < -0.39 is 0 Å². The van der Waals surface area contributed by atoms with Crippen LogP contribution in [-0.4, -0.2) is 17.2 Å². The van der Waals surface area contributed by atoms with Gasteiger partial charge in [-0.1, -0.05) is 36.4 Å². The number of benzene rings is 2. The molecule has 0 radical (unpaired) electrons. The van der Waals surface area contributed by atoms with Crippen molar-refractivity contribution in [2.24, 2.45) is 0 Å². The van der Waals surface area contributed by atoms with Crippen LogP contribution in [0.5, 0.6) is 11.5 Å². The van der Waals surface area contributed by atoms with Gasteiger partial charge in [0.2, 0.25) is 0 Å². The number of aromatic nitrogens is 1. The first-order valence-electron chi connectivity index (χ1n) is 7.58. The second-order valence-corrected chi connectivity index (χ2v) is 5.45. The van der Waals surface area contributed by atoms with Gasteiger partial charge in [0.15, 0.2) is 11.5 Å². The zero-order chi connectivity index (χ0) is 16.1. The quantitative estimate of drug-likeness (QED) is 0.769. The molecule has 0 aliphatic heterocycles. The molecular formula is C20H19NO2. The number of aromatic hydroxyl groups is 1. The minimum atomic E-state index is 0.162. The van der Waals surface area contributed by atoms with Gasteiger partial charge in [-0.2, -0.15) is 0 Å². The maximum Gasteiger partial charge on any atom is 0.160 e. The van der Waals surface area contributed by atoms with Crippen molar-refractivity contribution < 1.29 is 9.84 Å². The molecule has 3 heteroatoms. The highest BCUT2D eigenvalue weighted by Gasteiger charge is 2.16. The molecule has 0 aliphatic carbocycles. The van der Waals surface area contributed by atoms with Crippen LogP contribution in [0.4, 0.5) is 0 Å². The molecule has 0 saturated heterocycles. The van der Waals surface area contributed by atoms with Crippen LogP contribution in [0, 0.1) is 0 Å². The van der Waals surface area contributed by atoms with Crippen molar-refractivity contribution in [3.63, 3.8) is 0 Å². The van der Waals surface area contributed by atoms with Crippen LogP contribution in [-0.2, 0) is 6.42 Å². The Balaban J connectivity index is 2.00. The van der Waals surface area contributed by atoms with Gasteiger partial charge in [-0.3, -0.25) is 4.98 Å². The second-order valence-electron chi connectivity index (χ2n) is 5.45. The molecule has 1 atom stereocenters. The van der Waals surface area contributed by atoms with Gasteiger partial charge in [0.05, 0.1) is 7.11 Å². The number of ether oxygens (including phenoxy) is 1. The summed E-state index contributed by atoms with van der Waals surface area (Å²) in [5.41, 5.74) is 3.49. The molecule has 1 N–H and O–H groups in total. The second kappa shape index (κ2) is 6.97. The average molecular weight is 305 g/mol. The lowest BCUT2D eigenvalue weighted by molar-refractivity contribution is 0.373. The molecule has 23 heavy (non-hydrogen) atoms. The van der Waals surface area contributed by atoms with Gasteiger partial charge in [0.1, 0.15) is 0 Å². The molecule has 0 aliphatic rings. The first kappa shape index (κ1) is 15.1. The zero-order valence-electron chi connectivity index (χ0n) is 13.0. The fourth-order valence-corrected chi connectivity index (χ4v) is 2.79. The summed E-state index contributed by atoms with van der Waals surface area (Å²) in [6, 6.07) is 20.0.